The van der Waals surface area contributed by atoms with Crippen LogP contribution in [0.3, 0.4) is 0 Å². The predicted molar refractivity (Wildman–Crippen MR) is 92.1 cm³/mol. The topological polar surface area (TPSA) is 80.5 Å². The molecular weight excluding hydrogens is 433 g/mol. The van der Waals surface area contributed by atoms with E-state index >= 15 is 0 Å². The summed E-state index contributed by atoms with van der Waals surface area (Å²) in [7, 11) is 0. The maximum atomic E-state index is 12.4. The maximum absolute atomic E-state index is 12.4. The number of fused-ring (bicyclic) bond motifs is 2. The molecule has 0 radical (unpaired) electrons. The first-order valence-electron chi connectivity index (χ1n) is 8.51. The van der Waals surface area contributed by atoms with E-state index in [1.807, 2.05) is 4.90 Å². The molecule has 0 aromatic carbocycles. The van der Waals surface area contributed by atoms with E-state index < -0.39 is 18.2 Å². The molecule has 2 aliphatic rings. The molecule has 2 saturated heterocycles. The van der Waals surface area contributed by atoms with Gasteiger partial charge < -0.3 is 14.5 Å². The summed E-state index contributed by atoms with van der Waals surface area (Å²) >= 11 is 3.28. The number of pyridine rings is 1. The number of carbonyl (C=O) groups excluding carboxylic acids is 1. The van der Waals surface area contributed by atoms with E-state index in [4.69, 9.17) is 4.42 Å². The monoisotopic (exact) mass is 448 g/mol. The molecule has 146 valence electrons. The normalized spacial score (nSPS) is 26.1. The summed E-state index contributed by atoms with van der Waals surface area (Å²) in [5.74, 6) is -2.13. The van der Waals surface area contributed by atoms with Gasteiger partial charge in [0, 0.05) is 25.0 Å². The van der Waals surface area contributed by atoms with E-state index in [-0.39, 0.29) is 12.1 Å². The molecule has 4 heterocycles. The van der Waals surface area contributed by atoms with Gasteiger partial charge in [0.05, 0.1) is 0 Å². The van der Waals surface area contributed by atoms with Crippen molar-refractivity contribution in [2.45, 2.75) is 43.6 Å². The summed E-state index contributed by atoms with van der Waals surface area (Å²) in [4.78, 5) is 21.7. The lowest BCUT2D eigenvalue weighted by Gasteiger charge is -2.36. The molecule has 2 aliphatic heterocycles. The SMILES string of the molecule is O=C(O[C@H]1CC2C(Nc3nc4nc(Br)ccc4o3)CCCN2C1)C(F)(F)F. The molecule has 3 atom stereocenters. The van der Waals surface area contributed by atoms with Gasteiger partial charge in [0.15, 0.2) is 5.58 Å². The Labute approximate surface area is 160 Å². The van der Waals surface area contributed by atoms with Crippen molar-refractivity contribution in [2.24, 2.45) is 0 Å². The molecule has 4 rings (SSSR count). The van der Waals surface area contributed by atoms with Crippen LogP contribution in [0.5, 0.6) is 0 Å². The summed E-state index contributed by atoms with van der Waals surface area (Å²) in [5, 5.41) is 3.23. The summed E-state index contributed by atoms with van der Waals surface area (Å²) in [6.07, 6.45) is -3.72. The first kappa shape index (κ1) is 18.5. The number of hydrogen-bond donors (Lipinski definition) is 1. The van der Waals surface area contributed by atoms with Crippen LogP contribution in [-0.2, 0) is 9.53 Å². The highest BCUT2D eigenvalue weighted by atomic mass is 79.9. The second-order valence-electron chi connectivity index (χ2n) is 6.69. The third-order valence-corrected chi connectivity index (χ3v) is 5.31. The van der Waals surface area contributed by atoms with Crippen LogP contribution in [0.15, 0.2) is 21.2 Å². The Morgan fingerprint density at radius 1 is 1.37 bits per heavy atom. The molecule has 2 unspecified atom stereocenters. The van der Waals surface area contributed by atoms with Gasteiger partial charge in [-0.25, -0.2) is 9.78 Å². The number of hydrogen-bond acceptors (Lipinski definition) is 7. The first-order chi connectivity index (χ1) is 12.8. The molecule has 0 spiro atoms. The molecule has 2 aromatic rings. The number of anilines is 1. The smallest absolute Gasteiger partial charge is 0.454 e. The lowest BCUT2D eigenvalue weighted by molar-refractivity contribution is -0.204. The van der Waals surface area contributed by atoms with E-state index in [0.717, 1.165) is 19.4 Å². The van der Waals surface area contributed by atoms with Crippen LogP contribution in [0, 0.1) is 0 Å². The molecule has 2 aromatic heterocycles. The van der Waals surface area contributed by atoms with Crippen LogP contribution in [-0.4, -0.2) is 58.3 Å². The molecule has 2 fully saturated rings. The quantitative estimate of drug-likeness (QED) is 0.570. The third kappa shape index (κ3) is 3.88. The second-order valence-corrected chi connectivity index (χ2v) is 7.50. The second kappa shape index (κ2) is 6.93. The van der Waals surface area contributed by atoms with Crippen molar-refractivity contribution in [3.63, 3.8) is 0 Å². The lowest BCUT2D eigenvalue weighted by atomic mass is 9.96. The third-order valence-electron chi connectivity index (χ3n) is 4.87. The number of nitrogens with zero attached hydrogens (tertiary/aromatic N) is 3. The van der Waals surface area contributed by atoms with Crippen LogP contribution in [0.1, 0.15) is 19.3 Å². The van der Waals surface area contributed by atoms with Gasteiger partial charge in [0.1, 0.15) is 10.7 Å². The Hall–Kier alpha value is -1.88. The van der Waals surface area contributed by atoms with Gasteiger partial charge in [0.2, 0.25) is 5.65 Å². The largest absolute Gasteiger partial charge is 0.490 e. The number of alkyl halides is 3. The standard InChI is InChI=1S/C16H16BrF3N4O3/c17-12-4-3-11-13(22-12)23-15(27-11)21-9-2-1-5-24-7-8(6-10(9)24)26-14(25)16(18,19)20/h3-4,8-10H,1-2,5-7H2,(H,21,22,23)/t8-,9?,10?/m0/s1. The Morgan fingerprint density at radius 2 is 2.19 bits per heavy atom. The zero-order valence-electron chi connectivity index (χ0n) is 14.0. The lowest BCUT2D eigenvalue weighted by Crippen LogP contribution is -2.47. The van der Waals surface area contributed by atoms with Crippen molar-refractivity contribution >= 4 is 39.1 Å². The fraction of sp³-hybridized carbons (Fsp3) is 0.562. The van der Waals surface area contributed by atoms with Gasteiger partial charge in [0.25, 0.3) is 6.01 Å². The van der Waals surface area contributed by atoms with E-state index in [1.165, 1.54) is 0 Å². The van der Waals surface area contributed by atoms with E-state index in [2.05, 4.69) is 36.0 Å². The van der Waals surface area contributed by atoms with Gasteiger partial charge >= 0.3 is 12.1 Å². The number of aromatic nitrogens is 2. The number of carbonyl (C=O) groups is 1. The number of esters is 1. The van der Waals surface area contributed by atoms with Crippen LogP contribution >= 0.6 is 15.9 Å². The highest BCUT2D eigenvalue weighted by molar-refractivity contribution is 9.10. The van der Waals surface area contributed by atoms with E-state index in [1.54, 1.807) is 12.1 Å². The fourth-order valence-corrected chi connectivity index (χ4v) is 4.06. The summed E-state index contributed by atoms with van der Waals surface area (Å²) in [6.45, 7) is 1.05. The molecule has 1 N–H and O–H groups in total. The van der Waals surface area contributed by atoms with Crippen molar-refractivity contribution in [2.75, 3.05) is 18.4 Å². The van der Waals surface area contributed by atoms with Crippen LogP contribution in [0.4, 0.5) is 19.2 Å². The average Bonchev–Trinajstić information content (AvgIpc) is 3.17. The number of halogens is 4. The number of ether oxygens (including phenoxy) is 1. The van der Waals surface area contributed by atoms with Crippen molar-refractivity contribution in [1.82, 2.24) is 14.9 Å². The van der Waals surface area contributed by atoms with Crippen molar-refractivity contribution in [3.05, 3.63) is 16.7 Å². The van der Waals surface area contributed by atoms with Gasteiger partial charge in [-0.15, -0.1) is 0 Å². The van der Waals surface area contributed by atoms with Gasteiger partial charge in [-0.1, -0.05) is 0 Å². The molecule has 0 bridgehead atoms. The first-order valence-corrected chi connectivity index (χ1v) is 9.30. The number of piperidine rings is 1. The number of oxazole rings is 1. The molecular formula is C16H16BrF3N4O3. The van der Waals surface area contributed by atoms with Crippen LogP contribution in [0.2, 0.25) is 0 Å². The van der Waals surface area contributed by atoms with Gasteiger partial charge in [-0.3, -0.25) is 4.90 Å². The highest BCUT2D eigenvalue weighted by Gasteiger charge is 2.46. The predicted octanol–water partition coefficient (Wildman–Crippen LogP) is 3.11. The van der Waals surface area contributed by atoms with Crippen molar-refractivity contribution < 1.29 is 27.1 Å². The zero-order valence-corrected chi connectivity index (χ0v) is 15.6. The zero-order chi connectivity index (χ0) is 19.2. The summed E-state index contributed by atoms with van der Waals surface area (Å²) in [5.41, 5.74) is 1.000. The Bertz CT molecular complexity index is 859. The highest BCUT2D eigenvalue weighted by Crippen LogP contribution is 2.32. The Morgan fingerprint density at radius 3 is 2.96 bits per heavy atom. The molecule has 0 saturated carbocycles. The average molecular weight is 449 g/mol. The molecule has 27 heavy (non-hydrogen) atoms. The Balaban J connectivity index is 1.45. The fourth-order valence-electron chi connectivity index (χ4n) is 3.76. The maximum Gasteiger partial charge on any atom is 0.490 e. The molecule has 0 amide bonds. The minimum Gasteiger partial charge on any atom is -0.454 e. The van der Waals surface area contributed by atoms with Crippen LogP contribution < -0.4 is 5.32 Å². The van der Waals surface area contributed by atoms with Crippen LogP contribution in [0.25, 0.3) is 11.2 Å². The van der Waals surface area contributed by atoms with Crippen molar-refractivity contribution in [3.8, 4) is 0 Å². The summed E-state index contributed by atoms with van der Waals surface area (Å²) in [6, 6.07) is 3.69. The number of rotatable bonds is 3. The van der Waals surface area contributed by atoms with E-state index in [0.29, 0.717) is 34.8 Å². The Kier molecular flexibility index (Phi) is 4.75. The minimum absolute atomic E-state index is 0.0560. The number of nitrogens with one attached hydrogen (secondary N) is 1. The molecule has 0 aliphatic carbocycles. The summed E-state index contributed by atoms with van der Waals surface area (Å²) < 4.78 is 48.2. The van der Waals surface area contributed by atoms with E-state index in [9.17, 15) is 18.0 Å². The molecule has 11 heteroatoms. The molecule has 7 nitrogen and oxygen atoms in total. The minimum atomic E-state index is -4.97. The van der Waals surface area contributed by atoms with Gasteiger partial charge in [-0.05, 0) is 47.4 Å². The van der Waals surface area contributed by atoms with Gasteiger partial charge in [-0.2, -0.15) is 18.2 Å². The van der Waals surface area contributed by atoms with Crippen molar-refractivity contribution in [1.29, 1.82) is 0 Å².